The number of amides is 1. The number of benzene rings is 2. The van der Waals surface area contributed by atoms with Crippen LogP contribution in [0, 0.1) is 17.6 Å². The number of anilines is 1. The van der Waals surface area contributed by atoms with Crippen molar-refractivity contribution in [1.82, 2.24) is 34.5 Å². The SMILES string of the molecule is Cn1nc(NS(C)(=O)=O)c2c(Cl)ccc(-c3cc4[nH]c(C(C)(C)O)nc4nc3[C@@H](Cc3cc(F)cc(F)c3)C(C(N)=O)n3nc(C(F)(F)F)c4c3C(F)(F)[C@@H]3C[C@H]43)c21. The molecule has 58 heavy (non-hydrogen) atoms. The molecule has 0 bridgehead atoms. The van der Waals surface area contributed by atoms with Crippen molar-refractivity contribution >= 4 is 55.4 Å². The van der Waals surface area contributed by atoms with Gasteiger partial charge < -0.3 is 15.8 Å². The van der Waals surface area contributed by atoms with Gasteiger partial charge in [-0.15, -0.1) is 0 Å². The topological polar surface area (TPSA) is 187 Å². The van der Waals surface area contributed by atoms with Crippen LogP contribution in [0.25, 0.3) is 33.2 Å². The fourth-order valence-electron chi connectivity index (χ4n) is 8.05. The summed E-state index contributed by atoms with van der Waals surface area (Å²) in [5.74, 6) is -12.1. The molecular weight excluding hydrogens is 823 g/mol. The third-order valence-electron chi connectivity index (χ3n) is 10.4. The number of nitrogens with one attached hydrogen (secondary N) is 2. The summed E-state index contributed by atoms with van der Waals surface area (Å²) in [5, 5.41) is 18.8. The molecule has 4 heterocycles. The van der Waals surface area contributed by atoms with E-state index in [-0.39, 0.29) is 72.2 Å². The van der Waals surface area contributed by atoms with Crippen LogP contribution in [-0.4, -0.2) is 60.2 Å². The van der Waals surface area contributed by atoms with Gasteiger partial charge in [0.05, 0.1) is 33.4 Å². The number of aryl methyl sites for hydroxylation is 1. The van der Waals surface area contributed by atoms with Crippen LogP contribution in [0.5, 0.6) is 0 Å². The monoisotopic (exact) mass is 853 g/mol. The van der Waals surface area contributed by atoms with Crippen LogP contribution in [0.15, 0.2) is 36.4 Å². The second-order valence-corrected chi connectivity index (χ2v) is 17.3. The molecule has 2 aliphatic rings. The lowest BCUT2D eigenvalue weighted by atomic mass is 9.84. The molecule has 5 N–H and O–H groups in total. The number of nitrogens with zero attached hydrogens (tertiary/aromatic N) is 6. The maximum Gasteiger partial charge on any atom is 0.435 e. The Kier molecular flexibility index (Phi) is 8.77. The molecule has 0 saturated heterocycles. The van der Waals surface area contributed by atoms with Crippen molar-refractivity contribution in [1.29, 1.82) is 0 Å². The van der Waals surface area contributed by atoms with Gasteiger partial charge in [-0.2, -0.15) is 32.1 Å². The van der Waals surface area contributed by atoms with Crippen molar-refractivity contribution in [2.75, 3.05) is 11.0 Å². The third-order valence-corrected chi connectivity index (χ3v) is 11.3. The fraction of sp³-hybridized carbons (Fsp3) is 0.361. The second-order valence-electron chi connectivity index (χ2n) is 15.2. The number of sulfonamides is 1. The van der Waals surface area contributed by atoms with Crippen LogP contribution in [0.4, 0.5) is 36.6 Å². The van der Waals surface area contributed by atoms with E-state index >= 15 is 8.78 Å². The van der Waals surface area contributed by atoms with Crippen molar-refractivity contribution in [2.24, 2.45) is 18.7 Å². The van der Waals surface area contributed by atoms with Gasteiger partial charge in [-0.3, -0.25) is 14.2 Å². The number of aromatic nitrogens is 7. The Bertz CT molecular complexity index is 2810. The van der Waals surface area contributed by atoms with E-state index in [9.17, 15) is 40.3 Å². The zero-order valence-electron chi connectivity index (χ0n) is 30.6. The number of pyridine rings is 1. The Balaban J connectivity index is 1.47. The molecule has 1 saturated carbocycles. The summed E-state index contributed by atoms with van der Waals surface area (Å²) in [7, 11) is -2.48. The maximum atomic E-state index is 16.1. The number of imidazole rings is 1. The first-order valence-corrected chi connectivity index (χ1v) is 19.7. The number of halogens is 8. The van der Waals surface area contributed by atoms with Crippen LogP contribution in [0.3, 0.4) is 0 Å². The minimum atomic E-state index is -5.23. The molecule has 1 amide bonds. The molecule has 1 fully saturated rings. The van der Waals surface area contributed by atoms with E-state index in [0.717, 1.165) is 18.4 Å². The number of carbonyl (C=O) groups is 1. The number of fused-ring (bicyclic) bond motifs is 5. The van der Waals surface area contributed by atoms with Gasteiger partial charge in [0.15, 0.2) is 17.2 Å². The van der Waals surface area contributed by atoms with Gasteiger partial charge in [0, 0.05) is 41.6 Å². The van der Waals surface area contributed by atoms with E-state index in [0.29, 0.717) is 6.07 Å². The van der Waals surface area contributed by atoms with E-state index in [1.165, 1.54) is 43.8 Å². The summed E-state index contributed by atoms with van der Waals surface area (Å²) in [6.07, 6.45) is -5.25. The lowest BCUT2D eigenvalue weighted by Gasteiger charge is -2.29. The molecule has 6 aromatic rings. The molecule has 0 aliphatic heterocycles. The van der Waals surface area contributed by atoms with Crippen molar-refractivity contribution in [3.63, 3.8) is 0 Å². The average molecular weight is 854 g/mol. The Morgan fingerprint density at radius 1 is 1.10 bits per heavy atom. The van der Waals surface area contributed by atoms with Gasteiger partial charge >= 0.3 is 6.18 Å². The molecule has 8 rings (SSSR count). The summed E-state index contributed by atoms with van der Waals surface area (Å²) in [6, 6.07) is 4.39. The number of nitrogens with two attached hydrogens (primary N) is 1. The number of carbonyl (C=O) groups excluding carboxylic acids is 1. The summed E-state index contributed by atoms with van der Waals surface area (Å²) in [6.45, 7) is 2.82. The lowest BCUT2D eigenvalue weighted by Crippen LogP contribution is -2.37. The molecular formula is C36H31ClF7N9O4S. The van der Waals surface area contributed by atoms with E-state index in [4.69, 9.17) is 22.3 Å². The minimum Gasteiger partial charge on any atom is -0.383 e. The normalized spacial score (nSPS) is 18.7. The molecule has 306 valence electrons. The number of alkyl halides is 5. The number of H-pyrrole nitrogens is 1. The van der Waals surface area contributed by atoms with Gasteiger partial charge in [-0.1, -0.05) is 17.7 Å². The molecule has 13 nitrogen and oxygen atoms in total. The largest absolute Gasteiger partial charge is 0.435 e. The number of aliphatic hydroxyl groups is 1. The third kappa shape index (κ3) is 6.52. The molecule has 2 aromatic carbocycles. The van der Waals surface area contributed by atoms with Crippen molar-refractivity contribution < 1.29 is 49.1 Å². The Morgan fingerprint density at radius 2 is 1.78 bits per heavy atom. The smallest absolute Gasteiger partial charge is 0.383 e. The summed E-state index contributed by atoms with van der Waals surface area (Å²) in [4.78, 5) is 25.9. The molecule has 22 heteroatoms. The number of rotatable bonds is 10. The predicted molar refractivity (Wildman–Crippen MR) is 195 cm³/mol. The number of hydrogen-bond donors (Lipinski definition) is 4. The van der Waals surface area contributed by atoms with E-state index < -0.39 is 92.4 Å². The second kappa shape index (κ2) is 12.9. The highest BCUT2D eigenvalue weighted by Gasteiger charge is 2.69. The predicted octanol–water partition coefficient (Wildman–Crippen LogP) is 6.52. The summed E-state index contributed by atoms with van der Waals surface area (Å²) < 4.78 is 134. The molecule has 1 unspecified atom stereocenters. The maximum absolute atomic E-state index is 16.1. The number of aromatic amines is 1. The van der Waals surface area contributed by atoms with Crippen LogP contribution in [-0.2, 0) is 46.0 Å². The highest BCUT2D eigenvalue weighted by Crippen LogP contribution is 2.69. The summed E-state index contributed by atoms with van der Waals surface area (Å²) in [5.41, 5.74) is 0.778. The van der Waals surface area contributed by atoms with Crippen molar-refractivity contribution in [3.05, 3.63) is 87.1 Å². The minimum absolute atomic E-state index is 0.00619. The average Bonchev–Trinajstić information content (AvgIpc) is 3.32. The van der Waals surface area contributed by atoms with Gasteiger partial charge in [-0.25, -0.2) is 31.8 Å². The lowest BCUT2D eigenvalue weighted by molar-refractivity contribution is -0.142. The van der Waals surface area contributed by atoms with E-state index in [1.54, 1.807) is 0 Å². The van der Waals surface area contributed by atoms with E-state index in [2.05, 4.69) is 24.9 Å². The molecule has 0 radical (unpaired) electrons. The quantitative estimate of drug-likeness (QED) is 0.112. The highest BCUT2D eigenvalue weighted by atomic mass is 35.5. The first-order valence-electron chi connectivity index (χ1n) is 17.4. The van der Waals surface area contributed by atoms with Crippen LogP contribution in [0.2, 0.25) is 5.02 Å². The van der Waals surface area contributed by atoms with Gasteiger partial charge in [-0.05, 0) is 62.4 Å². The number of primary amides is 1. The zero-order valence-corrected chi connectivity index (χ0v) is 32.1. The first kappa shape index (κ1) is 39.5. The summed E-state index contributed by atoms with van der Waals surface area (Å²) >= 11 is 6.60. The van der Waals surface area contributed by atoms with Crippen molar-refractivity contribution in [2.45, 2.75) is 62.3 Å². The fourth-order valence-corrected chi connectivity index (χ4v) is 8.78. The van der Waals surface area contributed by atoms with Gasteiger partial charge in [0.2, 0.25) is 15.9 Å². The first-order chi connectivity index (χ1) is 26.8. The molecule has 4 atom stereocenters. The van der Waals surface area contributed by atoms with Crippen LogP contribution in [0.1, 0.15) is 72.2 Å². The van der Waals surface area contributed by atoms with Crippen LogP contribution < -0.4 is 10.5 Å². The molecule has 4 aromatic heterocycles. The van der Waals surface area contributed by atoms with Crippen molar-refractivity contribution in [3.8, 4) is 11.1 Å². The Morgan fingerprint density at radius 3 is 2.38 bits per heavy atom. The van der Waals surface area contributed by atoms with E-state index in [1.807, 2.05) is 0 Å². The molecule has 2 aliphatic carbocycles. The van der Waals surface area contributed by atoms with Gasteiger partial charge in [0.1, 0.15) is 34.8 Å². The highest BCUT2D eigenvalue weighted by molar-refractivity contribution is 7.92. The Labute approximate surface area is 328 Å². The standard InChI is InChI=1S/C36H31ClF7N9O4S/c1-34(2,55)33-46-22-12-17(16-5-6-21(37)24-26(16)52(3)50-32(24)51-58(4,56)57)25(47-31(22)48-33)19(9-13-7-14(38)10-15(39)8-13)27(30(45)54)53-29-23(28(49-53)36(42,43)44)18-11-20(18)35(29,40)41/h5-8,10,12,18-20,27,55H,9,11H2,1-4H3,(H2,45,54)(H,50,51)(H,46,47,48)/t18-,19+,20+,27?/m0/s1. The van der Waals surface area contributed by atoms with Crippen LogP contribution >= 0.6 is 11.6 Å². The van der Waals surface area contributed by atoms with Gasteiger partial charge in [0.25, 0.3) is 5.92 Å². The molecule has 0 spiro atoms. The Hall–Kier alpha value is -5.28. The zero-order chi connectivity index (χ0) is 42.2. The number of hydrogen-bond acceptors (Lipinski definition) is 8.